The topological polar surface area (TPSA) is 37.3 Å². The molecule has 3 rings (SSSR count). The molecular weight excluding hydrogens is 363 g/mol. The molecule has 1 N–H and O–H groups in total. The van der Waals surface area contributed by atoms with Crippen molar-refractivity contribution in [3.05, 3.63) is 91.0 Å². The van der Waals surface area contributed by atoms with Crippen molar-refractivity contribution in [2.24, 2.45) is 0 Å². The van der Waals surface area contributed by atoms with Crippen LogP contribution in [0.5, 0.6) is 0 Å². The molecule has 0 radical (unpaired) electrons. The number of hydrogen-bond acceptors (Lipinski definition) is 1. The first-order chi connectivity index (χ1) is 13.7. The quantitative estimate of drug-likeness (QED) is 0.399. The summed E-state index contributed by atoms with van der Waals surface area (Å²) in [4.78, 5) is 10.8. The Hall–Kier alpha value is -2.44. The Balaban J connectivity index is 1.94. The standard InChI is InChI=1S/C25H29O2P/c26-25(27)20-12-1-2-13-21-28(22-14-6-3-7-15-22,23-16-8-4-9-17-23)24-18-10-5-11-19-24/h3-11,14-19,28H,1-2,12-13,20-21H2,(H,26,27). The summed E-state index contributed by atoms with van der Waals surface area (Å²) >= 11 is 0. The molecule has 0 heterocycles. The van der Waals surface area contributed by atoms with Crippen molar-refractivity contribution in [3.63, 3.8) is 0 Å². The maximum atomic E-state index is 10.8. The van der Waals surface area contributed by atoms with Crippen molar-refractivity contribution in [3.8, 4) is 0 Å². The van der Waals surface area contributed by atoms with Crippen molar-refractivity contribution in [2.75, 3.05) is 6.16 Å². The van der Waals surface area contributed by atoms with Crippen LogP contribution in [-0.4, -0.2) is 17.2 Å². The summed E-state index contributed by atoms with van der Waals surface area (Å²) in [6.45, 7) is 0. The summed E-state index contributed by atoms with van der Waals surface area (Å²) in [7, 11) is -2.12. The zero-order valence-electron chi connectivity index (χ0n) is 16.3. The van der Waals surface area contributed by atoms with E-state index in [1.165, 1.54) is 15.9 Å². The Morgan fingerprint density at radius 1 is 0.607 bits per heavy atom. The van der Waals surface area contributed by atoms with E-state index in [1.54, 1.807) is 0 Å². The van der Waals surface area contributed by atoms with Gasteiger partial charge in [0.05, 0.1) is 0 Å². The van der Waals surface area contributed by atoms with Gasteiger partial charge in [-0.3, -0.25) is 0 Å². The average molecular weight is 392 g/mol. The molecule has 3 heteroatoms. The van der Waals surface area contributed by atoms with E-state index in [9.17, 15) is 4.79 Å². The summed E-state index contributed by atoms with van der Waals surface area (Å²) in [5.41, 5.74) is 0. The molecule has 3 aromatic rings. The summed E-state index contributed by atoms with van der Waals surface area (Å²) in [5.74, 6) is -0.693. The molecule has 146 valence electrons. The number of carbonyl (C=O) groups is 1. The van der Waals surface area contributed by atoms with E-state index in [0.29, 0.717) is 0 Å². The van der Waals surface area contributed by atoms with Gasteiger partial charge >= 0.3 is 168 Å². The van der Waals surface area contributed by atoms with Gasteiger partial charge in [-0.15, -0.1) is 0 Å². The fraction of sp³-hybridized carbons (Fsp3) is 0.240. The van der Waals surface area contributed by atoms with Crippen LogP contribution in [0.4, 0.5) is 0 Å². The molecule has 0 saturated carbocycles. The number of carboxylic acid groups (broad SMARTS) is 1. The predicted molar refractivity (Wildman–Crippen MR) is 122 cm³/mol. The van der Waals surface area contributed by atoms with Crippen LogP contribution in [-0.2, 0) is 4.79 Å². The van der Waals surface area contributed by atoms with Crippen LogP contribution in [0.25, 0.3) is 0 Å². The minimum absolute atomic E-state index is 0.276. The number of rotatable bonds is 10. The van der Waals surface area contributed by atoms with Gasteiger partial charge in [0, 0.05) is 0 Å². The van der Waals surface area contributed by atoms with Gasteiger partial charge in [0.2, 0.25) is 0 Å². The van der Waals surface area contributed by atoms with Crippen molar-refractivity contribution in [1.29, 1.82) is 0 Å². The summed E-state index contributed by atoms with van der Waals surface area (Å²) < 4.78 is 0. The van der Waals surface area contributed by atoms with Gasteiger partial charge in [-0.1, -0.05) is 0 Å². The molecule has 0 saturated heterocycles. The zero-order valence-corrected chi connectivity index (χ0v) is 17.3. The molecule has 2 nitrogen and oxygen atoms in total. The van der Waals surface area contributed by atoms with Crippen molar-refractivity contribution >= 4 is 29.1 Å². The van der Waals surface area contributed by atoms with Crippen molar-refractivity contribution < 1.29 is 9.90 Å². The first-order valence-corrected chi connectivity index (χ1v) is 12.3. The van der Waals surface area contributed by atoms with Gasteiger partial charge in [-0.05, 0) is 0 Å². The average Bonchev–Trinajstić information content (AvgIpc) is 2.75. The molecule has 0 aliphatic rings. The molecule has 0 unspecified atom stereocenters. The van der Waals surface area contributed by atoms with Gasteiger partial charge in [0.1, 0.15) is 0 Å². The molecular formula is C25H29O2P. The van der Waals surface area contributed by atoms with Crippen LogP contribution in [0.15, 0.2) is 91.0 Å². The Kier molecular flexibility index (Phi) is 7.39. The van der Waals surface area contributed by atoms with Crippen molar-refractivity contribution in [1.82, 2.24) is 0 Å². The van der Waals surface area contributed by atoms with Crippen LogP contribution >= 0.6 is 7.26 Å². The van der Waals surface area contributed by atoms with E-state index in [-0.39, 0.29) is 6.42 Å². The van der Waals surface area contributed by atoms with E-state index in [0.717, 1.165) is 31.8 Å². The fourth-order valence-electron chi connectivity index (χ4n) is 4.12. The van der Waals surface area contributed by atoms with Crippen LogP contribution in [0.3, 0.4) is 0 Å². The summed E-state index contributed by atoms with van der Waals surface area (Å²) in [6.07, 6.45) is 5.36. The van der Waals surface area contributed by atoms with Gasteiger partial charge in [0.25, 0.3) is 0 Å². The number of benzene rings is 3. The van der Waals surface area contributed by atoms with E-state index in [4.69, 9.17) is 5.11 Å². The van der Waals surface area contributed by atoms with Crippen LogP contribution in [0, 0.1) is 0 Å². The molecule has 0 aromatic heterocycles. The Morgan fingerprint density at radius 2 is 1.00 bits per heavy atom. The number of carboxylic acids is 1. The van der Waals surface area contributed by atoms with Gasteiger partial charge in [-0.25, -0.2) is 0 Å². The monoisotopic (exact) mass is 392 g/mol. The molecule has 0 atom stereocenters. The Morgan fingerprint density at radius 3 is 1.39 bits per heavy atom. The van der Waals surface area contributed by atoms with Crippen LogP contribution in [0.1, 0.15) is 32.1 Å². The van der Waals surface area contributed by atoms with E-state index < -0.39 is 13.2 Å². The molecule has 0 fully saturated rings. The first kappa shape index (κ1) is 20.3. The third-order valence-corrected chi connectivity index (χ3v) is 10.6. The number of unbranched alkanes of at least 4 members (excludes halogenated alkanes) is 3. The van der Waals surface area contributed by atoms with Gasteiger partial charge in [-0.2, -0.15) is 0 Å². The number of aliphatic carboxylic acids is 1. The Labute approximate surface area is 168 Å². The fourth-order valence-corrected chi connectivity index (χ4v) is 9.05. The zero-order chi connectivity index (χ0) is 19.7. The van der Waals surface area contributed by atoms with Crippen LogP contribution in [0.2, 0.25) is 0 Å². The van der Waals surface area contributed by atoms with Gasteiger partial charge in [0.15, 0.2) is 0 Å². The molecule has 3 aromatic carbocycles. The predicted octanol–water partition coefficient (Wildman–Crippen LogP) is 4.75. The van der Waals surface area contributed by atoms with Crippen molar-refractivity contribution in [2.45, 2.75) is 32.1 Å². The summed E-state index contributed by atoms with van der Waals surface area (Å²) in [6, 6.07) is 32.9. The maximum absolute atomic E-state index is 10.8. The minimum atomic E-state index is -2.12. The van der Waals surface area contributed by atoms with Crippen LogP contribution < -0.4 is 15.9 Å². The third-order valence-electron chi connectivity index (χ3n) is 5.49. The molecule has 0 amide bonds. The summed E-state index contributed by atoms with van der Waals surface area (Å²) in [5, 5.41) is 13.2. The normalized spacial score (nSPS) is 11.9. The van der Waals surface area contributed by atoms with E-state index in [2.05, 4.69) is 91.0 Å². The molecule has 0 bridgehead atoms. The SMILES string of the molecule is O=C(O)CCCCCC[PH](c1ccccc1)(c1ccccc1)c1ccccc1. The third kappa shape index (κ3) is 4.88. The first-order valence-electron chi connectivity index (χ1n) is 10.1. The second-order valence-corrected chi connectivity index (χ2v) is 11.4. The Bertz CT molecular complexity index is 751. The molecule has 28 heavy (non-hydrogen) atoms. The molecule has 0 aliphatic heterocycles. The van der Waals surface area contributed by atoms with Gasteiger partial charge < -0.3 is 0 Å². The van der Waals surface area contributed by atoms with E-state index >= 15 is 0 Å². The number of hydrogen-bond donors (Lipinski definition) is 1. The second kappa shape index (κ2) is 10.2. The molecule has 0 spiro atoms. The second-order valence-electron chi connectivity index (χ2n) is 7.31. The molecule has 0 aliphatic carbocycles. The van der Waals surface area contributed by atoms with E-state index in [1.807, 2.05) is 0 Å².